The summed E-state index contributed by atoms with van der Waals surface area (Å²) in [6, 6.07) is 19.0. The van der Waals surface area contributed by atoms with Gasteiger partial charge in [0, 0.05) is 6.54 Å². The highest BCUT2D eigenvalue weighted by Crippen LogP contribution is 2.19. The zero-order chi connectivity index (χ0) is 12.8. The average Bonchev–Trinajstić information content (AvgIpc) is 2.46. The Kier molecular flexibility index (Phi) is 4.51. The monoisotopic (exact) mass is 241 g/mol. The van der Waals surface area contributed by atoms with E-state index in [1.54, 1.807) is 0 Å². The Morgan fingerprint density at radius 1 is 0.889 bits per heavy atom. The van der Waals surface area contributed by atoms with Crippen LogP contribution in [0.1, 0.15) is 5.56 Å². The molecule has 2 rings (SSSR count). The van der Waals surface area contributed by atoms with Crippen LogP contribution < -0.4 is 0 Å². The van der Waals surface area contributed by atoms with Gasteiger partial charge in [0.15, 0.2) is 0 Å². The van der Waals surface area contributed by atoms with Crippen molar-refractivity contribution in [2.75, 3.05) is 20.3 Å². The molecule has 0 saturated carbocycles. The van der Waals surface area contributed by atoms with Crippen molar-refractivity contribution in [2.24, 2.45) is 0 Å². The Morgan fingerprint density at radius 2 is 1.50 bits per heavy atom. The van der Waals surface area contributed by atoms with Crippen molar-refractivity contribution in [3.63, 3.8) is 0 Å². The zero-order valence-electron chi connectivity index (χ0n) is 10.7. The average molecular weight is 241 g/mol. The quantitative estimate of drug-likeness (QED) is 0.814. The van der Waals surface area contributed by atoms with Gasteiger partial charge in [0.1, 0.15) is 0 Å². The van der Waals surface area contributed by atoms with Gasteiger partial charge in [-0.05, 0) is 30.2 Å². The molecule has 0 aliphatic carbocycles. The lowest BCUT2D eigenvalue weighted by Gasteiger charge is -2.12. The maximum absolute atomic E-state index is 8.93. The summed E-state index contributed by atoms with van der Waals surface area (Å²) in [6.45, 7) is 0.989. The van der Waals surface area contributed by atoms with Crippen LogP contribution in [0.15, 0.2) is 54.6 Å². The molecule has 0 unspecified atom stereocenters. The summed E-state index contributed by atoms with van der Waals surface area (Å²) in [5.41, 5.74) is 3.79. The Bertz CT molecular complexity index is 464. The van der Waals surface area contributed by atoms with E-state index < -0.39 is 0 Å². The molecule has 0 saturated heterocycles. The Labute approximate surface area is 109 Å². The number of hydrogen-bond acceptors (Lipinski definition) is 2. The van der Waals surface area contributed by atoms with E-state index in [0.29, 0.717) is 0 Å². The first-order valence-electron chi connectivity index (χ1n) is 6.23. The molecule has 2 aromatic carbocycles. The van der Waals surface area contributed by atoms with E-state index in [2.05, 4.69) is 48.5 Å². The van der Waals surface area contributed by atoms with Crippen LogP contribution in [0.25, 0.3) is 11.1 Å². The van der Waals surface area contributed by atoms with Gasteiger partial charge in [0.25, 0.3) is 0 Å². The van der Waals surface area contributed by atoms with Gasteiger partial charge in [-0.3, -0.25) is 4.90 Å². The van der Waals surface area contributed by atoms with Crippen LogP contribution in [0, 0.1) is 0 Å². The smallest absolute Gasteiger partial charge is 0.0954 e. The van der Waals surface area contributed by atoms with Gasteiger partial charge < -0.3 is 5.11 Å². The summed E-state index contributed by atoms with van der Waals surface area (Å²) >= 11 is 0. The van der Waals surface area contributed by atoms with E-state index in [1.807, 2.05) is 18.0 Å². The van der Waals surface area contributed by atoms with Crippen LogP contribution in [0.2, 0.25) is 0 Å². The molecular weight excluding hydrogens is 222 g/mol. The predicted molar refractivity (Wildman–Crippen MR) is 75.3 cm³/mol. The first-order chi connectivity index (χ1) is 8.79. The number of likely N-dealkylation sites (N-methyl/N-ethyl adjacent to an activating group) is 1. The zero-order valence-corrected chi connectivity index (χ0v) is 10.7. The fourth-order valence-electron chi connectivity index (χ4n) is 1.89. The highest BCUT2D eigenvalue weighted by molar-refractivity contribution is 5.63. The van der Waals surface area contributed by atoms with Gasteiger partial charge in [-0.1, -0.05) is 54.6 Å². The summed E-state index contributed by atoms with van der Waals surface area (Å²) in [5, 5.41) is 8.93. The molecule has 0 aliphatic heterocycles. The third-order valence-electron chi connectivity index (χ3n) is 3.08. The second-order valence-electron chi connectivity index (χ2n) is 4.53. The minimum Gasteiger partial charge on any atom is -0.381 e. The largest absolute Gasteiger partial charge is 0.381 e. The van der Waals surface area contributed by atoms with Crippen LogP contribution in [0.3, 0.4) is 0 Å². The summed E-state index contributed by atoms with van der Waals surface area (Å²) in [5.74, 6) is 0. The lowest BCUT2D eigenvalue weighted by Crippen LogP contribution is -2.21. The van der Waals surface area contributed by atoms with Crippen LogP contribution in [-0.2, 0) is 6.42 Å². The molecule has 0 aromatic heterocycles. The van der Waals surface area contributed by atoms with Gasteiger partial charge in [-0.25, -0.2) is 0 Å². The molecule has 0 fully saturated rings. The summed E-state index contributed by atoms with van der Waals surface area (Å²) in [4.78, 5) is 1.89. The lowest BCUT2D eigenvalue weighted by atomic mass is 10.0. The van der Waals surface area contributed by atoms with Crippen molar-refractivity contribution in [1.29, 1.82) is 0 Å². The van der Waals surface area contributed by atoms with Crippen molar-refractivity contribution in [1.82, 2.24) is 4.90 Å². The van der Waals surface area contributed by atoms with Gasteiger partial charge in [0.2, 0.25) is 0 Å². The molecule has 0 spiro atoms. The predicted octanol–water partition coefficient (Wildman–Crippen LogP) is 2.78. The van der Waals surface area contributed by atoms with Gasteiger partial charge in [-0.2, -0.15) is 0 Å². The third-order valence-corrected chi connectivity index (χ3v) is 3.08. The topological polar surface area (TPSA) is 23.5 Å². The van der Waals surface area contributed by atoms with Gasteiger partial charge >= 0.3 is 0 Å². The highest BCUT2D eigenvalue weighted by atomic mass is 16.3. The Morgan fingerprint density at radius 3 is 2.11 bits per heavy atom. The summed E-state index contributed by atoms with van der Waals surface area (Å²) in [7, 11) is 1.92. The van der Waals surface area contributed by atoms with Crippen LogP contribution in [-0.4, -0.2) is 30.3 Å². The Balaban J connectivity index is 2.02. The molecule has 0 bridgehead atoms. The maximum Gasteiger partial charge on any atom is 0.0954 e. The van der Waals surface area contributed by atoms with Gasteiger partial charge in [-0.15, -0.1) is 0 Å². The van der Waals surface area contributed by atoms with E-state index in [4.69, 9.17) is 5.11 Å². The number of nitrogens with zero attached hydrogens (tertiary/aromatic N) is 1. The Hall–Kier alpha value is -1.64. The molecule has 1 N–H and O–H groups in total. The summed E-state index contributed by atoms with van der Waals surface area (Å²) < 4.78 is 0. The SMILES string of the molecule is CN(CO)CCc1ccc(-c2ccccc2)cc1. The van der Waals surface area contributed by atoms with Crippen molar-refractivity contribution in [2.45, 2.75) is 6.42 Å². The third kappa shape index (κ3) is 3.42. The first-order valence-corrected chi connectivity index (χ1v) is 6.23. The molecule has 0 radical (unpaired) electrons. The standard InChI is InChI=1S/C16H19NO/c1-17(13-18)12-11-14-7-9-16(10-8-14)15-5-3-2-4-6-15/h2-10,18H,11-13H2,1H3. The highest BCUT2D eigenvalue weighted by Gasteiger charge is 1.99. The maximum atomic E-state index is 8.93. The van der Waals surface area contributed by atoms with Gasteiger partial charge in [0.05, 0.1) is 6.73 Å². The molecular formula is C16H19NO. The molecule has 2 aromatic rings. The molecule has 2 heteroatoms. The second kappa shape index (κ2) is 6.34. The minimum atomic E-state index is 0.113. The molecule has 0 atom stereocenters. The number of aliphatic hydroxyl groups is 1. The summed E-state index contributed by atoms with van der Waals surface area (Å²) in [6.07, 6.45) is 0.964. The molecule has 18 heavy (non-hydrogen) atoms. The molecule has 2 nitrogen and oxygen atoms in total. The fourth-order valence-corrected chi connectivity index (χ4v) is 1.89. The minimum absolute atomic E-state index is 0.113. The number of rotatable bonds is 5. The fraction of sp³-hybridized carbons (Fsp3) is 0.250. The van der Waals surface area contributed by atoms with E-state index >= 15 is 0 Å². The van der Waals surface area contributed by atoms with Crippen molar-refractivity contribution in [3.8, 4) is 11.1 Å². The molecule has 0 heterocycles. The number of hydrogen-bond donors (Lipinski definition) is 1. The lowest BCUT2D eigenvalue weighted by molar-refractivity contribution is 0.134. The molecule has 0 amide bonds. The van der Waals surface area contributed by atoms with E-state index in [-0.39, 0.29) is 6.73 Å². The van der Waals surface area contributed by atoms with Crippen LogP contribution in [0.5, 0.6) is 0 Å². The second-order valence-corrected chi connectivity index (χ2v) is 4.53. The normalized spacial score (nSPS) is 10.8. The van der Waals surface area contributed by atoms with E-state index in [9.17, 15) is 0 Å². The van der Waals surface area contributed by atoms with E-state index in [0.717, 1.165) is 13.0 Å². The van der Waals surface area contributed by atoms with Crippen molar-refractivity contribution >= 4 is 0 Å². The van der Waals surface area contributed by atoms with Crippen molar-refractivity contribution in [3.05, 3.63) is 60.2 Å². The number of aliphatic hydroxyl groups excluding tert-OH is 1. The van der Waals surface area contributed by atoms with E-state index in [1.165, 1.54) is 16.7 Å². The first kappa shape index (κ1) is 12.8. The molecule has 0 aliphatic rings. The van der Waals surface area contributed by atoms with Crippen LogP contribution >= 0.6 is 0 Å². The molecule has 94 valence electrons. The number of benzene rings is 2. The van der Waals surface area contributed by atoms with Crippen LogP contribution in [0.4, 0.5) is 0 Å². The van der Waals surface area contributed by atoms with Crippen molar-refractivity contribution < 1.29 is 5.11 Å².